The minimum Gasteiger partial charge on any atom is -0.496 e. The van der Waals surface area contributed by atoms with Gasteiger partial charge in [-0.1, -0.05) is 12.5 Å². The normalized spacial score (nSPS) is 17.0. The number of rotatable bonds is 5. The Kier molecular flexibility index (Phi) is 5.38. The molecule has 5 rings (SSSR count). The molecule has 4 heterocycles. The number of carboxylic acid groups (broad SMARTS) is 1. The van der Waals surface area contributed by atoms with Crippen molar-refractivity contribution in [2.75, 3.05) is 13.7 Å². The van der Waals surface area contributed by atoms with Crippen LogP contribution in [0.3, 0.4) is 0 Å². The van der Waals surface area contributed by atoms with Crippen LogP contribution in [0, 0.1) is 6.92 Å². The fourth-order valence-electron chi connectivity index (χ4n) is 5.11. The average molecular weight is 447 g/mol. The standard InChI is InChI=1S/C25H26N4O4/c1-15-13-21(33-2)17(22-20(30)8-9-26-23(15)22)14-28-11-4-3-5-18(28)16-6-7-19(25(31)32)29-12-10-27-24(16)29/h6-10,12-13,18H,3-5,11,14H2,1-2H3,(H,26,30)(H,31,32). The summed E-state index contributed by atoms with van der Waals surface area (Å²) in [6, 6.07) is 7.10. The summed E-state index contributed by atoms with van der Waals surface area (Å²) < 4.78 is 7.35. The van der Waals surface area contributed by atoms with Gasteiger partial charge in [0, 0.05) is 48.4 Å². The lowest BCUT2D eigenvalue weighted by Gasteiger charge is -2.36. The van der Waals surface area contributed by atoms with Gasteiger partial charge in [0.2, 0.25) is 0 Å². The summed E-state index contributed by atoms with van der Waals surface area (Å²) in [6.45, 7) is 3.38. The lowest BCUT2D eigenvalue weighted by molar-refractivity contribution is 0.0688. The molecule has 0 amide bonds. The molecule has 1 unspecified atom stereocenters. The first-order valence-electron chi connectivity index (χ1n) is 11.1. The number of hydrogen-bond donors (Lipinski definition) is 2. The minimum atomic E-state index is -0.986. The Balaban J connectivity index is 1.62. The molecule has 0 aliphatic carbocycles. The van der Waals surface area contributed by atoms with E-state index < -0.39 is 5.97 Å². The fourth-order valence-corrected chi connectivity index (χ4v) is 5.11. The van der Waals surface area contributed by atoms with Gasteiger partial charge in [-0.15, -0.1) is 0 Å². The molecule has 3 aromatic heterocycles. The molecule has 0 saturated carbocycles. The molecule has 0 spiro atoms. The number of H-pyrrole nitrogens is 1. The van der Waals surface area contributed by atoms with Crippen molar-refractivity contribution in [3.05, 3.63) is 75.5 Å². The number of aryl methyl sites for hydroxylation is 1. The van der Waals surface area contributed by atoms with Crippen molar-refractivity contribution in [2.24, 2.45) is 0 Å². The Hall–Kier alpha value is -3.65. The highest BCUT2D eigenvalue weighted by molar-refractivity contribution is 5.87. The monoisotopic (exact) mass is 446 g/mol. The van der Waals surface area contributed by atoms with Crippen molar-refractivity contribution >= 4 is 22.5 Å². The number of benzene rings is 1. The highest BCUT2D eigenvalue weighted by atomic mass is 16.5. The number of nitrogens with one attached hydrogen (secondary N) is 1. The molecule has 1 atom stereocenters. The third-order valence-electron chi connectivity index (χ3n) is 6.65. The van der Waals surface area contributed by atoms with E-state index in [4.69, 9.17) is 4.74 Å². The van der Waals surface area contributed by atoms with Crippen LogP contribution in [-0.2, 0) is 6.54 Å². The van der Waals surface area contributed by atoms with E-state index in [0.717, 1.165) is 48.0 Å². The number of pyridine rings is 2. The molecule has 1 saturated heterocycles. The number of nitrogens with zero attached hydrogens (tertiary/aromatic N) is 3. The predicted molar refractivity (Wildman–Crippen MR) is 125 cm³/mol. The van der Waals surface area contributed by atoms with Gasteiger partial charge in [-0.05, 0) is 44.0 Å². The summed E-state index contributed by atoms with van der Waals surface area (Å²) in [5, 5.41) is 10.2. The van der Waals surface area contributed by atoms with E-state index in [1.165, 1.54) is 0 Å². The van der Waals surface area contributed by atoms with E-state index in [9.17, 15) is 14.7 Å². The van der Waals surface area contributed by atoms with E-state index >= 15 is 0 Å². The maximum atomic E-state index is 12.9. The van der Waals surface area contributed by atoms with Gasteiger partial charge in [-0.2, -0.15) is 0 Å². The van der Waals surface area contributed by atoms with Gasteiger partial charge in [0.25, 0.3) is 0 Å². The zero-order valence-corrected chi connectivity index (χ0v) is 18.7. The van der Waals surface area contributed by atoms with Crippen molar-refractivity contribution < 1.29 is 14.6 Å². The number of carbonyl (C=O) groups is 1. The molecule has 0 bridgehead atoms. The molecule has 4 aromatic rings. The molecule has 1 fully saturated rings. The van der Waals surface area contributed by atoms with Gasteiger partial charge in [-0.25, -0.2) is 9.78 Å². The third kappa shape index (κ3) is 3.56. The first-order chi connectivity index (χ1) is 16.0. The van der Waals surface area contributed by atoms with Crippen LogP contribution >= 0.6 is 0 Å². The number of likely N-dealkylation sites (tertiary alicyclic amines) is 1. The number of fused-ring (bicyclic) bond motifs is 2. The number of imidazole rings is 1. The van der Waals surface area contributed by atoms with Gasteiger partial charge in [0.05, 0.1) is 18.0 Å². The summed E-state index contributed by atoms with van der Waals surface area (Å²) in [5.74, 6) is -0.284. The van der Waals surface area contributed by atoms with Crippen LogP contribution in [0.15, 0.2) is 47.7 Å². The number of aromatic nitrogens is 3. The van der Waals surface area contributed by atoms with Crippen LogP contribution in [0.4, 0.5) is 0 Å². The highest BCUT2D eigenvalue weighted by Crippen LogP contribution is 2.37. The van der Waals surface area contributed by atoms with E-state index in [1.807, 2.05) is 19.1 Å². The van der Waals surface area contributed by atoms with Crippen molar-refractivity contribution in [1.82, 2.24) is 19.3 Å². The maximum absolute atomic E-state index is 12.9. The van der Waals surface area contributed by atoms with Crippen LogP contribution in [0.2, 0.25) is 0 Å². The Morgan fingerprint density at radius 2 is 2.15 bits per heavy atom. The Morgan fingerprint density at radius 1 is 1.30 bits per heavy atom. The molecule has 1 aliphatic heterocycles. The zero-order chi connectivity index (χ0) is 23.1. The summed E-state index contributed by atoms with van der Waals surface area (Å²) in [5.41, 5.74) is 4.46. The van der Waals surface area contributed by atoms with Crippen LogP contribution in [0.5, 0.6) is 5.75 Å². The Bertz CT molecular complexity index is 1420. The predicted octanol–water partition coefficient (Wildman–Crippen LogP) is 3.92. The molecule has 1 aromatic carbocycles. The minimum absolute atomic E-state index is 0.0317. The number of methoxy groups -OCH3 is 1. The van der Waals surface area contributed by atoms with Crippen molar-refractivity contribution in [3.8, 4) is 5.75 Å². The molecule has 8 heteroatoms. The largest absolute Gasteiger partial charge is 0.496 e. The molecule has 8 nitrogen and oxygen atoms in total. The van der Waals surface area contributed by atoms with Crippen molar-refractivity contribution in [1.29, 1.82) is 0 Å². The van der Waals surface area contributed by atoms with Crippen LogP contribution in [0.1, 0.15) is 52.5 Å². The topological polar surface area (TPSA) is 99.9 Å². The maximum Gasteiger partial charge on any atom is 0.352 e. The molecular weight excluding hydrogens is 420 g/mol. The lowest BCUT2D eigenvalue weighted by atomic mass is 9.94. The second-order valence-corrected chi connectivity index (χ2v) is 8.55. The SMILES string of the molecule is COc1cc(C)c2[nH]ccc(=O)c2c1CN1CCCCC1c1ccc(C(=O)O)n2ccnc12. The van der Waals surface area contributed by atoms with Gasteiger partial charge < -0.3 is 14.8 Å². The van der Waals surface area contributed by atoms with Gasteiger partial charge in [0.1, 0.15) is 17.1 Å². The van der Waals surface area contributed by atoms with E-state index in [1.54, 1.807) is 42.2 Å². The first-order valence-corrected chi connectivity index (χ1v) is 11.1. The number of hydrogen-bond acceptors (Lipinski definition) is 5. The third-order valence-corrected chi connectivity index (χ3v) is 6.65. The molecule has 2 N–H and O–H groups in total. The van der Waals surface area contributed by atoms with E-state index in [2.05, 4.69) is 14.9 Å². The molecule has 1 aliphatic rings. The van der Waals surface area contributed by atoms with Crippen LogP contribution < -0.4 is 10.2 Å². The zero-order valence-electron chi connectivity index (χ0n) is 18.7. The van der Waals surface area contributed by atoms with E-state index in [-0.39, 0.29) is 17.2 Å². The van der Waals surface area contributed by atoms with Crippen LogP contribution in [0.25, 0.3) is 16.6 Å². The lowest BCUT2D eigenvalue weighted by Crippen LogP contribution is -2.34. The second-order valence-electron chi connectivity index (χ2n) is 8.55. The fraction of sp³-hybridized carbons (Fsp3) is 0.320. The van der Waals surface area contributed by atoms with Gasteiger partial charge in [0.15, 0.2) is 5.43 Å². The number of ether oxygens (including phenoxy) is 1. The Morgan fingerprint density at radius 3 is 2.94 bits per heavy atom. The molecule has 170 valence electrons. The summed E-state index contributed by atoms with van der Waals surface area (Å²) >= 11 is 0. The smallest absolute Gasteiger partial charge is 0.352 e. The number of carboxylic acids is 1. The molecule has 0 radical (unpaired) electrons. The summed E-state index contributed by atoms with van der Waals surface area (Å²) in [7, 11) is 1.63. The molecule has 33 heavy (non-hydrogen) atoms. The number of piperidine rings is 1. The van der Waals surface area contributed by atoms with Crippen molar-refractivity contribution in [2.45, 2.75) is 38.8 Å². The molecular formula is C25H26N4O4. The average Bonchev–Trinajstić information content (AvgIpc) is 3.30. The van der Waals surface area contributed by atoms with Gasteiger partial charge in [-0.3, -0.25) is 14.1 Å². The van der Waals surface area contributed by atoms with Crippen molar-refractivity contribution in [3.63, 3.8) is 0 Å². The quantitative estimate of drug-likeness (QED) is 0.482. The van der Waals surface area contributed by atoms with Crippen LogP contribution in [-0.4, -0.2) is 44.0 Å². The second kappa shape index (κ2) is 8.37. The highest BCUT2D eigenvalue weighted by Gasteiger charge is 2.29. The number of aromatic amines is 1. The summed E-state index contributed by atoms with van der Waals surface area (Å²) in [4.78, 5) is 34.6. The summed E-state index contributed by atoms with van der Waals surface area (Å²) in [6.07, 6.45) is 8.05. The van der Waals surface area contributed by atoms with E-state index in [0.29, 0.717) is 23.3 Å². The number of aromatic carboxylic acids is 1. The first kappa shape index (κ1) is 21.2. The van der Waals surface area contributed by atoms with Gasteiger partial charge >= 0.3 is 5.97 Å². The Labute approximate surface area is 190 Å².